The first-order chi connectivity index (χ1) is 13.7. The van der Waals surface area contributed by atoms with Gasteiger partial charge in [0.05, 0.1) is 25.3 Å². The minimum absolute atomic E-state index is 0.130. The second kappa shape index (κ2) is 8.12. The number of carbonyl (C=O) groups is 2. The third kappa shape index (κ3) is 3.79. The number of carbonyl (C=O) groups excluding carboxylic acids is 2. The molecule has 0 aromatic heterocycles. The number of piperazine rings is 1. The third-order valence-corrected chi connectivity index (χ3v) is 5.53. The molecule has 28 heavy (non-hydrogen) atoms. The Morgan fingerprint density at radius 1 is 0.964 bits per heavy atom. The highest BCUT2D eigenvalue weighted by molar-refractivity contribution is 6.22. The minimum atomic E-state index is -0.363. The van der Waals surface area contributed by atoms with Crippen LogP contribution < -0.4 is 9.64 Å². The van der Waals surface area contributed by atoms with Crippen molar-refractivity contribution in [1.82, 2.24) is 9.80 Å². The summed E-state index contributed by atoms with van der Waals surface area (Å²) in [5.41, 5.74) is 1.88. The normalized spacial score (nSPS) is 21.3. The number of ether oxygens (including phenoxy) is 1. The second-order valence-corrected chi connectivity index (χ2v) is 7.29. The number of rotatable bonds is 5. The molecular formula is C22H25N3O3. The van der Waals surface area contributed by atoms with Crippen molar-refractivity contribution in [2.45, 2.75) is 19.0 Å². The fourth-order valence-corrected chi connectivity index (χ4v) is 4.00. The Morgan fingerprint density at radius 2 is 1.71 bits per heavy atom. The second-order valence-electron chi connectivity index (χ2n) is 7.29. The van der Waals surface area contributed by atoms with Crippen LogP contribution in [0.15, 0.2) is 54.6 Å². The molecule has 6 heteroatoms. The van der Waals surface area contributed by atoms with Gasteiger partial charge in [-0.3, -0.25) is 19.4 Å². The zero-order valence-electron chi connectivity index (χ0n) is 16.1. The van der Waals surface area contributed by atoms with Crippen molar-refractivity contribution in [3.05, 3.63) is 60.2 Å². The minimum Gasteiger partial charge on any atom is -0.497 e. The summed E-state index contributed by atoms with van der Waals surface area (Å²) in [6.45, 7) is 4.30. The van der Waals surface area contributed by atoms with Gasteiger partial charge in [0.1, 0.15) is 5.75 Å². The van der Waals surface area contributed by atoms with E-state index in [1.54, 1.807) is 31.4 Å². The van der Waals surface area contributed by atoms with Crippen molar-refractivity contribution in [3.63, 3.8) is 0 Å². The Morgan fingerprint density at radius 3 is 2.43 bits per heavy atom. The molecule has 1 atom stereocenters. The lowest BCUT2D eigenvalue weighted by atomic mass is 10.1. The van der Waals surface area contributed by atoms with Crippen LogP contribution in [0.25, 0.3) is 0 Å². The molecule has 2 amide bonds. The molecule has 0 radical (unpaired) electrons. The van der Waals surface area contributed by atoms with Crippen molar-refractivity contribution in [2.75, 3.05) is 38.2 Å². The lowest BCUT2D eigenvalue weighted by Gasteiger charge is -2.37. The van der Waals surface area contributed by atoms with E-state index in [4.69, 9.17) is 4.74 Å². The summed E-state index contributed by atoms with van der Waals surface area (Å²) in [4.78, 5) is 31.4. The molecular weight excluding hydrogens is 354 g/mol. The van der Waals surface area contributed by atoms with Crippen LogP contribution in [0.5, 0.6) is 5.75 Å². The van der Waals surface area contributed by atoms with Crippen molar-refractivity contribution in [1.29, 1.82) is 0 Å². The Hall–Kier alpha value is -2.70. The van der Waals surface area contributed by atoms with Crippen molar-refractivity contribution in [2.24, 2.45) is 0 Å². The van der Waals surface area contributed by atoms with Crippen molar-refractivity contribution < 1.29 is 14.3 Å². The number of amides is 2. The van der Waals surface area contributed by atoms with Gasteiger partial charge in [-0.05, 0) is 17.7 Å². The molecule has 0 bridgehead atoms. The van der Waals surface area contributed by atoms with Crippen LogP contribution in [0.4, 0.5) is 5.69 Å². The van der Waals surface area contributed by atoms with E-state index in [0.717, 1.165) is 32.7 Å². The lowest BCUT2D eigenvalue weighted by Crippen LogP contribution is -2.52. The van der Waals surface area contributed by atoms with E-state index >= 15 is 0 Å². The Kier molecular flexibility index (Phi) is 5.41. The molecule has 6 nitrogen and oxygen atoms in total. The molecule has 2 aliphatic heterocycles. The Bertz CT molecular complexity index is 847. The summed E-state index contributed by atoms with van der Waals surface area (Å²) < 4.78 is 5.22. The van der Waals surface area contributed by atoms with Crippen molar-refractivity contribution in [3.8, 4) is 5.75 Å². The molecule has 2 aromatic carbocycles. The number of imide groups is 1. The fourth-order valence-electron chi connectivity index (χ4n) is 4.00. The van der Waals surface area contributed by atoms with Gasteiger partial charge in [-0.15, -0.1) is 0 Å². The van der Waals surface area contributed by atoms with E-state index in [2.05, 4.69) is 34.1 Å². The highest BCUT2D eigenvalue weighted by Crippen LogP contribution is 2.28. The third-order valence-electron chi connectivity index (χ3n) is 5.53. The van der Waals surface area contributed by atoms with Crippen LogP contribution in [-0.2, 0) is 16.1 Å². The van der Waals surface area contributed by atoms with Gasteiger partial charge < -0.3 is 4.74 Å². The molecule has 2 aromatic rings. The van der Waals surface area contributed by atoms with Crippen LogP contribution >= 0.6 is 0 Å². The monoisotopic (exact) mass is 379 g/mol. The number of methoxy groups -OCH3 is 1. The quantitative estimate of drug-likeness (QED) is 0.745. The highest BCUT2D eigenvalue weighted by Gasteiger charge is 2.43. The average Bonchev–Trinajstić information content (AvgIpc) is 3.03. The summed E-state index contributed by atoms with van der Waals surface area (Å²) in [7, 11) is 1.57. The molecule has 2 aliphatic rings. The van der Waals surface area contributed by atoms with E-state index < -0.39 is 0 Å². The van der Waals surface area contributed by atoms with E-state index in [1.807, 2.05) is 6.07 Å². The maximum Gasteiger partial charge on any atom is 0.251 e. The van der Waals surface area contributed by atoms with E-state index in [9.17, 15) is 9.59 Å². The summed E-state index contributed by atoms with van der Waals surface area (Å²) in [5.74, 6) is 0.362. The Labute approximate surface area is 165 Å². The summed E-state index contributed by atoms with van der Waals surface area (Å²) >= 11 is 0. The van der Waals surface area contributed by atoms with Crippen molar-refractivity contribution >= 4 is 17.5 Å². The molecule has 2 heterocycles. The van der Waals surface area contributed by atoms with Gasteiger partial charge >= 0.3 is 0 Å². The maximum absolute atomic E-state index is 13.0. The van der Waals surface area contributed by atoms with Gasteiger partial charge in [0.25, 0.3) is 5.91 Å². The number of benzene rings is 2. The van der Waals surface area contributed by atoms with Crippen LogP contribution in [0.3, 0.4) is 0 Å². The number of anilines is 1. The van der Waals surface area contributed by atoms with Crippen LogP contribution in [0.1, 0.15) is 12.0 Å². The number of hydrogen-bond donors (Lipinski definition) is 0. The van der Waals surface area contributed by atoms with Gasteiger partial charge in [0.15, 0.2) is 0 Å². The van der Waals surface area contributed by atoms with Crippen LogP contribution in [-0.4, -0.2) is 60.9 Å². The highest BCUT2D eigenvalue weighted by atomic mass is 16.5. The predicted octanol–water partition coefficient (Wildman–Crippen LogP) is 2.14. The standard InChI is InChI=1S/C22H25N3O3/c1-28-19-9-5-8-18(14-19)25-21(26)15-20(22(25)27)24-12-10-23(11-13-24)16-17-6-3-2-4-7-17/h2-9,14,20H,10-13,15-16H2,1H3/t20-/m0/s1. The van der Waals surface area contributed by atoms with E-state index in [1.165, 1.54) is 10.5 Å². The Balaban J connectivity index is 1.39. The average molecular weight is 379 g/mol. The predicted molar refractivity (Wildman–Crippen MR) is 107 cm³/mol. The molecule has 146 valence electrons. The molecule has 0 spiro atoms. The molecule has 0 saturated carbocycles. The smallest absolute Gasteiger partial charge is 0.251 e. The fraction of sp³-hybridized carbons (Fsp3) is 0.364. The van der Waals surface area contributed by atoms with Gasteiger partial charge in [0, 0.05) is 38.8 Å². The summed E-state index contributed by atoms with van der Waals surface area (Å²) in [5, 5.41) is 0. The molecule has 2 fully saturated rings. The molecule has 2 saturated heterocycles. The first kappa shape index (κ1) is 18.7. The van der Waals surface area contributed by atoms with E-state index in [0.29, 0.717) is 11.4 Å². The van der Waals surface area contributed by atoms with Gasteiger partial charge in [-0.2, -0.15) is 0 Å². The zero-order chi connectivity index (χ0) is 19.5. The summed E-state index contributed by atoms with van der Waals surface area (Å²) in [6, 6.07) is 17.2. The zero-order valence-corrected chi connectivity index (χ0v) is 16.1. The SMILES string of the molecule is COc1cccc(N2C(=O)C[C@H](N3CCN(Cc4ccccc4)CC3)C2=O)c1. The number of nitrogens with zero attached hydrogens (tertiary/aromatic N) is 3. The molecule has 0 aliphatic carbocycles. The molecule has 0 N–H and O–H groups in total. The topological polar surface area (TPSA) is 53.1 Å². The largest absolute Gasteiger partial charge is 0.497 e. The van der Waals surface area contributed by atoms with E-state index in [-0.39, 0.29) is 24.3 Å². The summed E-state index contributed by atoms with van der Waals surface area (Å²) in [6.07, 6.45) is 0.245. The first-order valence-electron chi connectivity index (χ1n) is 9.67. The van der Waals surface area contributed by atoms with Gasteiger partial charge in [-0.25, -0.2) is 4.90 Å². The number of hydrogen-bond acceptors (Lipinski definition) is 5. The lowest BCUT2D eigenvalue weighted by molar-refractivity contribution is -0.123. The molecule has 0 unspecified atom stereocenters. The van der Waals surface area contributed by atoms with Gasteiger partial charge in [0.2, 0.25) is 5.91 Å². The van der Waals surface area contributed by atoms with Crippen LogP contribution in [0.2, 0.25) is 0 Å². The van der Waals surface area contributed by atoms with Crippen LogP contribution in [0, 0.1) is 0 Å². The van der Waals surface area contributed by atoms with Gasteiger partial charge in [-0.1, -0.05) is 36.4 Å². The molecule has 4 rings (SSSR count). The maximum atomic E-state index is 13.0. The first-order valence-corrected chi connectivity index (χ1v) is 9.67.